The van der Waals surface area contributed by atoms with Gasteiger partial charge in [-0.15, -0.1) is 22.7 Å². The van der Waals surface area contributed by atoms with Gasteiger partial charge in [-0.3, -0.25) is 4.79 Å². The number of hydrogen-bond donors (Lipinski definition) is 2. The van der Waals surface area contributed by atoms with Crippen molar-refractivity contribution in [2.45, 2.75) is 38.4 Å². The van der Waals surface area contributed by atoms with E-state index in [2.05, 4.69) is 17.4 Å². The van der Waals surface area contributed by atoms with Crippen molar-refractivity contribution >= 4 is 34.7 Å². The van der Waals surface area contributed by atoms with Crippen molar-refractivity contribution in [2.75, 3.05) is 13.7 Å². The molecule has 1 atom stereocenters. The van der Waals surface area contributed by atoms with Gasteiger partial charge in [0.15, 0.2) is 0 Å². The predicted molar refractivity (Wildman–Crippen MR) is 105 cm³/mol. The Hall–Kier alpha value is -1.90. The van der Waals surface area contributed by atoms with Crippen LogP contribution in [0.1, 0.15) is 29.0 Å². The van der Waals surface area contributed by atoms with E-state index < -0.39 is 6.09 Å². The highest BCUT2D eigenvalue weighted by Crippen LogP contribution is 2.19. The molecule has 2 aromatic rings. The lowest BCUT2D eigenvalue weighted by atomic mass is 10.1. The summed E-state index contributed by atoms with van der Waals surface area (Å²) in [5.74, 6) is 0.0881. The fraction of sp³-hybridized carbons (Fsp3) is 0.444. The van der Waals surface area contributed by atoms with E-state index in [1.54, 1.807) is 29.7 Å². The zero-order valence-corrected chi connectivity index (χ0v) is 16.5. The van der Waals surface area contributed by atoms with Gasteiger partial charge in [-0.2, -0.15) is 0 Å². The maximum absolute atomic E-state index is 13.1. The first-order valence-corrected chi connectivity index (χ1v) is 10.3. The standard InChI is InChI=1S/C18H25N3O3S2/c1-20-16(8-2-3-9-24-18(19)23)17(22)21(12-14-6-4-10-25-14)13-15-7-5-11-26-15/h4-7,10-11,16,20H,2-3,8-9,12-13H2,1H3,(H2,19,23)/t16-/m0/s1. The average Bonchev–Trinajstić information content (AvgIpc) is 3.30. The highest BCUT2D eigenvalue weighted by molar-refractivity contribution is 7.10. The minimum Gasteiger partial charge on any atom is -0.450 e. The molecule has 0 spiro atoms. The summed E-state index contributed by atoms with van der Waals surface area (Å²) in [5.41, 5.74) is 4.95. The highest BCUT2D eigenvalue weighted by Gasteiger charge is 2.23. The lowest BCUT2D eigenvalue weighted by Crippen LogP contribution is -2.44. The molecule has 142 valence electrons. The summed E-state index contributed by atoms with van der Waals surface area (Å²) in [5, 5.41) is 7.17. The van der Waals surface area contributed by atoms with Crippen LogP contribution in [-0.2, 0) is 22.6 Å². The Bertz CT molecular complexity index is 623. The number of rotatable bonds is 11. The average molecular weight is 396 g/mol. The number of carbonyl (C=O) groups excluding carboxylic acids is 2. The molecule has 0 aliphatic carbocycles. The predicted octanol–water partition coefficient (Wildman–Crippen LogP) is 3.19. The summed E-state index contributed by atoms with van der Waals surface area (Å²) in [7, 11) is 1.80. The van der Waals surface area contributed by atoms with Crippen LogP contribution in [0.2, 0.25) is 0 Å². The molecule has 2 heterocycles. The maximum Gasteiger partial charge on any atom is 0.404 e. The van der Waals surface area contributed by atoms with Crippen molar-refractivity contribution in [2.24, 2.45) is 5.73 Å². The smallest absolute Gasteiger partial charge is 0.404 e. The molecule has 0 aliphatic rings. The Kier molecular flexibility index (Phi) is 8.60. The second-order valence-electron chi connectivity index (χ2n) is 5.86. The SMILES string of the molecule is CN[C@@H](CCCCOC(N)=O)C(=O)N(Cc1cccs1)Cc1cccs1. The summed E-state index contributed by atoms with van der Waals surface area (Å²) in [4.78, 5) is 27.9. The number of hydrogen-bond acceptors (Lipinski definition) is 6. The third-order valence-corrected chi connectivity index (χ3v) is 5.67. The molecule has 0 unspecified atom stereocenters. The third-order valence-electron chi connectivity index (χ3n) is 3.94. The number of unbranched alkanes of at least 4 members (excludes halogenated alkanes) is 1. The number of likely N-dealkylation sites (N-methyl/N-ethyl adjacent to an activating group) is 1. The Morgan fingerprint density at radius 3 is 2.23 bits per heavy atom. The third kappa shape index (κ3) is 6.78. The van der Waals surface area contributed by atoms with Gasteiger partial charge in [0.2, 0.25) is 5.91 Å². The van der Waals surface area contributed by atoms with Crippen LogP contribution >= 0.6 is 22.7 Å². The number of thiophene rings is 2. The molecule has 2 rings (SSSR count). The Labute approximate surface area is 162 Å². The first kappa shape index (κ1) is 20.4. The topological polar surface area (TPSA) is 84.7 Å². The molecule has 0 aromatic carbocycles. The van der Waals surface area contributed by atoms with Crippen molar-refractivity contribution < 1.29 is 14.3 Å². The van der Waals surface area contributed by atoms with Gasteiger partial charge in [-0.1, -0.05) is 12.1 Å². The second-order valence-corrected chi connectivity index (χ2v) is 7.92. The molecule has 0 radical (unpaired) electrons. The molecule has 0 aliphatic heterocycles. The Balaban J connectivity index is 1.94. The van der Waals surface area contributed by atoms with Crippen molar-refractivity contribution in [3.63, 3.8) is 0 Å². The van der Waals surface area contributed by atoms with Gasteiger partial charge in [0.1, 0.15) is 0 Å². The minimum atomic E-state index is -0.760. The van der Waals surface area contributed by atoms with E-state index in [1.165, 1.54) is 9.75 Å². The molecule has 0 saturated heterocycles. The van der Waals surface area contributed by atoms with E-state index in [4.69, 9.17) is 10.5 Å². The van der Waals surface area contributed by atoms with Gasteiger partial charge in [-0.05, 0) is 49.2 Å². The molecular formula is C18H25N3O3S2. The number of primary amides is 1. The molecule has 6 nitrogen and oxygen atoms in total. The van der Waals surface area contributed by atoms with E-state index in [-0.39, 0.29) is 18.6 Å². The van der Waals surface area contributed by atoms with E-state index in [9.17, 15) is 9.59 Å². The number of carbonyl (C=O) groups is 2. The molecule has 8 heteroatoms. The first-order chi connectivity index (χ1) is 12.6. The molecule has 2 aromatic heterocycles. The van der Waals surface area contributed by atoms with E-state index in [0.717, 1.165) is 6.42 Å². The summed E-state index contributed by atoms with van der Waals surface area (Å²) in [6.45, 7) is 1.50. The minimum absolute atomic E-state index is 0.0881. The number of ether oxygens (including phenoxy) is 1. The zero-order chi connectivity index (χ0) is 18.8. The fourth-order valence-corrected chi connectivity index (χ4v) is 4.07. The van der Waals surface area contributed by atoms with Crippen molar-refractivity contribution in [3.8, 4) is 0 Å². The summed E-state index contributed by atoms with van der Waals surface area (Å²) >= 11 is 3.31. The van der Waals surface area contributed by atoms with E-state index >= 15 is 0 Å². The molecule has 26 heavy (non-hydrogen) atoms. The van der Waals surface area contributed by atoms with Gasteiger partial charge >= 0.3 is 6.09 Å². The van der Waals surface area contributed by atoms with Gasteiger partial charge in [0.25, 0.3) is 0 Å². The zero-order valence-electron chi connectivity index (χ0n) is 14.8. The lowest BCUT2D eigenvalue weighted by molar-refractivity contribution is -0.134. The van der Waals surface area contributed by atoms with Gasteiger partial charge in [-0.25, -0.2) is 4.79 Å². The number of nitrogens with one attached hydrogen (secondary N) is 1. The monoisotopic (exact) mass is 395 g/mol. The van der Waals surface area contributed by atoms with Crippen LogP contribution in [0.25, 0.3) is 0 Å². The molecular weight excluding hydrogens is 370 g/mol. The molecule has 0 bridgehead atoms. The lowest BCUT2D eigenvalue weighted by Gasteiger charge is -2.26. The quantitative estimate of drug-likeness (QED) is 0.572. The van der Waals surface area contributed by atoms with E-state index in [1.807, 2.05) is 27.8 Å². The Morgan fingerprint density at radius 1 is 1.15 bits per heavy atom. The van der Waals surface area contributed by atoms with Crippen LogP contribution < -0.4 is 11.1 Å². The summed E-state index contributed by atoms with van der Waals surface area (Å²) < 4.78 is 4.73. The maximum atomic E-state index is 13.1. The van der Waals surface area contributed by atoms with Crippen LogP contribution in [0.5, 0.6) is 0 Å². The number of nitrogens with two attached hydrogens (primary N) is 1. The molecule has 3 N–H and O–H groups in total. The Morgan fingerprint density at radius 2 is 1.77 bits per heavy atom. The van der Waals surface area contributed by atoms with Crippen LogP contribution in [0.4, 0.5) is 4.79 Å². The molecule has 2 amide bonds. The van der Waals surface area contributed by atoms with E-state index in [0.29, 0.717) is 25.9 Å². The van der Waals surface area contributed by atoms with Crippen LogP contribution in [0.15, 0.2) is 35.0 Å². The normalized spacial score (nSPS) is 11.9. The van der Waals surface area contributed by atoms with Crippen LogP contribution in [0.3, 0.4) is 0 Å². The van der Waals surface area contributed by atoms with Crippen molar-refractivity contribution in [1.82, 2.24) is 10.2 Å². The van der Waals surface area contributed by atoms with Crippen LogP contribution in [-0.4, -0.2) is 36.6 Å². The molecule has 0 fully saturated rings. The number of nitrogens with zero attached hydrogens (tertiary/aromatic N) is 1. The van der Waals surface area contributed by atoms with Gasteiger partial charge in [0, 0.05) is 9.75 Å². The molecule has 0 saturated carbocycles. The van der Waals surface area contributed by atoms with Gasteiger partial charge < -0.3 is 20.7 Å². The van der Waals surface area contributed by atoms with Gasteiger partial charge in [0.05, 0.1) is 25.7 Å². The van der Waals surface area contributed by atoms with Crippen LogP contribution in [0, 0.1) is 0 Å². The van der Waals surface area contributed by atoms with Crippen molar-refractivity contribution in [3.05, 3.63) is 44.8 Å². The second kappa shape index (κ2) is 10.9. The fourth-order valence-electron chi connectivity index (χ4n) is 2.63. The largest absolute Gasteiger partial charge is 0.450 e. The summed E-state index contributed by atoms with van der Waals surface area (Å²) in [6, 6.07) is 7.84. The summed E-state index contributed by atoms with van der Waals surface area (Å²) in [6.07, 6.45) is 1.38. The first-order valence-electron chi connectivity index (χ1n) is 8.53. The number of amides is 2. The van der Waals surface area contributed by atoms with Crippen molar-refractivity contribution in [1.29, 1.82) is 0 Å². The highest BCUT2D eigenvalue weighted by atomic mass is 32.1.